The van der Waals surface area contributed by atoms with E-state index in [4.69, 9.17) is 0 Å². The van der Waals surface area contributed by atoms with Crippen molar-refractivity contribution in [2.45, 2.75) is 26.3 Å². The minimum Gasteiger partial charge on any atom is -0.308 e. The van der Waals surface area contributed by atoms with Crippen molar-refractivity contribution in [3.05, 3.63) is 12.2 Å². The molecule has 14 heavy (non-hydrogen) atoms. The van der Waals surface area contributed by atoms with Crippen molar-refractivity contribution in [2.24, 2.45) is 4.99 Å². The lowest BCUT2D eigenvalue weighted by Gasteiger charge is -2.15. The van der Waals surface area contributed by atoms with Crippen LogP contribution in [-0.2, 0) is 0 Å². The van der Waals surface area contributed by atoms with Gasteiger partial charge in [-0.15, -0.1) is 0 Å². The largest absolute Gasteiger partial charge is 0.308 e. The molecule has 1 N–H and O–H groups in total. The van der Waals surface area contributed by atoms with Crippen molar-refractivity contribution in [3.8, 4) is 0 Å². The van der Waals surface area contributed by atoms with E-state index in [1.807, 2.05) is 11.8 Å². The Morgan fingerprint density at radius 2 is 2.50 bits per heavy atom. The zero-order valence-electron chi connectivity index (χ0n) is 9.12. The Morgan fingerprint density at radius 1 is 1.64 bits per heavy atom. The normalized spacial score (nSPS) is 18.0. The van der Waals surface area contributed by atoms with Gasteiger partial charge >= 0.3 is 0 Å². The standard InChI is InChI=1S/C11H20N2S/c1-3-14-9-8-12-10(2)11-6-4-5-7-13-11/h4,6,10,12H,3,5,7-9H2,1-2H3. The highest BCUT2D eigenvalue weighted by Crippen LogP contribution is 2.01. The van der Waals surface area contributed by atoms with Crippen LogP contribution in [0.25, 0.3) is 0 Å². The third-order valence-electron chi connectivity index (χ3n) is 2.22. The molecule has 0 aromatic rings. The summed E-state index contributed by atoms with van der Waals surface area (Å²) in [6.07, 6.45) is 5.46. The second-order valence-corrected chi connectivity index (χ2v) is 4.76. The first kappa shape index (κ1) is 11.8. The van der Waals surface area contributed by atoms with Gasteiger partial charge in [0.15, 0.2) is 0 Å². The quantitative estimate of drug-likeness (QED) is 0.682. The summed E-state index contributed by atoms with van der Waals surface area (Å²) in [5.41, 5.74) is 1.21. The van der Waals surface area contributed by atoms with Gasteiger partial charge in [-0.05, 0) is 25.2 Å². The van der Waals surface area contributed by atoms with E-state index in [1.54, 1.807) is 0 Å². The van der Waals surface area contributed by atoms with Crippen molar-refractivity contribution in [2.75, 3.05) is 24.6 Å². The molecule has 1 rings (SSSR count). The third-order valence-corrected chi connectivity index (χ3v) is 3.12. The average Bonchev–Trinajstić information content (AvgIpc) is 2.25. The van der Waals surface area contributed by atoms with Crippen LogP contribution in [0.1, 0.15) is 20.3 Å². The SMILES string of the molecule is CCSCCNC(C)C1=NCCC=C1. The smallest absolute Gasteiger partial charge is 0.0512 e. The van der Waals surface area contributed by atoms with Gasteiger partial charge in [-0.3, -0.25) is 4.99 Å². The molecule has 0 aromatic heterocycles. The molecule has 0 aliphatic carbocycles. The van der Waals surface area contributed by atoms with E-state index in [-0.39, 0.29) is 0 Å². The van der Waals surface area contributed by atoms with Gasteiger partial charge in [-0.1, -0.05) is 13.0 Å². The molecule has 2 nitrogen and oxygen atoms in total. The minimum atomic E-state index is 0.406. The van der Waals surface area contributed by atoms with Crippen molar-refractivity contribution in [1.82, 2.24) is 5.32 Å². The van der Waals surface area contributed by atoms with Crippen molar-refractivity contribution >= 4 is 17.5 Å². The molecule has 0 radical (unpaired) electrons. The number of dihydropyridines is 1. The molecular weight excluding hydrogens is 192 g/mol. The number of nitrogens with zero attached hydrogens (tertiary/aromatic N) is 1. The fourth-order valence-corrected chi connectivity index (χ4v) is 1.95. The fourth-order valence-electron chi connectivity index (χ4n) is 1.40. The summed E-state index contributed by atoms with van der Waals surface area (Å²) in [7, 11) is 0. The fraction of sp³-hybridized carbons (Fsp3) is 0.727. The van der Waals surface area contributed by atoms with Crippen molar-refractivity contribution in [3.63, 3.8) is 0 Å². The maximum Gasteiger partial charge on any atom is 0.0512 e. The molecule has 0 bridgehead atoms. The number of hydrogen-bond acceptors (Lipinski definition) is 3. The van der Waals surface area contributed by atoms with E-state index in [9.17, 15) is 0 Å². The van der Waals surface area contributed by atoms with Crippen LogP contribution < -0.4 is 5.32 Å². The predicted molar refractivity (Wildman–Crippen MR) is 66.5 cm³/mol. The first-order valence-electron chi connectivity index (χ1n) is 5.36. The summed E-state index contributed by atoms with van der Waals surface area (Å²) >= 11 is 1.98. The Balaban J connectivity index is 2.17. The Kier molecular flexibility index (Phi) is 5.96. The predicted octanol–water partition coefficient (Wildman–Crippen LogP) is 2.12. The van der Waals surface area contributed by atoms with Gasteiger partial charge in [0.1, 0.15) is 0 Å². The lowest BCUT2D eigenvalue weighted by atomic mass is 10.1. The van der Waals surface area contributed by atoms with E-state index < -0.39 is 0 Å². The number of thioether (sulfide) groups is 1. The van der Waals surface area contributed by atoms with Gasteiger partial charge < -0.3 is 5.32 Å². The van der Waals surface area contributed by atoms with Crippen LogP contribution in [-0.4, -0.2) is 36.3 Å². The second-order valence-electron chi connectivity index (χ2n) is 3.37. The summed E-state index contributed by atoms with van der Waals surface area (Å²) in [4.78, 5) is 4.49. The van der Waals surface area contributed by atoms with E-state index in [0.717, 1.165) is 19.5 Å². The summed E-state index contributed by atoms with van der Waals surface area (Å²) in [6.45, 7) is 6.42. The molecule has 1 aliphatic rings. The maximum atomic E-state index is 4.49. The van der Waals surface area contributed by atoms with E-state index in [0.29, 0.717) is 6.04 Å². The van der Waals surface area contributed by atoms with Crippen LogP contribution in [0, 0.1) is 0 Å². The van der Waals surface area contributed by atoms with Crippen LogP contribution >= 0.6 is 11.8 Å². The molecule has 1 aliphatic heterocycles. The zero-order chi connectivity index (χ0) is 10.2. The van der Waals surface area contributed by atoms with Crippen LogP contribution in [0.3, 0.4) is 0 Å². The second kappa shape index (κ2) is 7.07. The minimum absolute atomic E-state index is 0.406. The van der Waals surface area contributed by atoms with Crippen molar-refractivity contribution < 1.29 is 0 Å². The molecule has 0 saturated heterocycles. The molecule has 0 amide bonds. The van der Waals surface area contributed by atoms with Gasteiger partial charge in [0.25, 0.3) is 0 Å². The topological polar surface area (TPSA) is 24.4 Å². The van der Waals surface area contributed by atoms with Crippen LogP contribution in [0.5, 0.6) is 0 Å². The molecule has 0 saturated carbocycles. The van der Waals surface area contributed by atoms with Gasteiger partial charge in [-0.25, -0.2) is 0 Å². The van der Waals surface area contributed by atoms with E-state index in [2.05, 4.69) is 36.3 Å². The van der Waals surface area contributed by atoms with Gasteiger partial charge in [0.2, 0.25) is 0 Å². The first-order valence-corrected chi connectivity index (χ1v) is 6.52. The van der Waals surface area contributed by atoms with Crippen LogP contribution in [0.4, 0.5) is 0 Å². The summed E-state index contributed by atoms with van der Waals surface area (Å²) in [5, 5.41) is 3.48. The average molecular weight is 212 g/mol. The molecule has 1 atom stereocenters. The highest BCUT2D eigenvalue weighted by atomic mass is 32.2. The Labute approximate surface area is 91.3 Å². The van der Waals surface area contributed by atoms with Gasteiger partial charge in [0, 0.05) is 24.9 Å². The maximum absolute atomic E-state index is 4.49. The zero-order valence-corrected chi connectivity index (χ0v) is 9.94. The molecule has 0 fully saturated rings. The Hall–Kier alpha value is -0.280. The number of hydrogen-bond donors (Lipinski definition) is 1. The van der Waals surface area contributed by atoms with E-state index in [1.165, 1.54) is 17.2 Å². The van der Waals surface area contributed by atoms with Gasteiger partial charge in [-0.2, -0.15) is 11.8 Å². The molecule has 3 heteroatoms. The Morgan fingerprint density at radius 3 is 3.14 bits per heavy atom. The molecular formula is C11H20N2S. The lowest BCUT2D eigenvalue weighted by Crippen LogP contribution is -2.35. The lowest BCUT2D eigenvalue weighted by molar-refractivity contribution is 0.688. The van der Waals surface area contributed by atoms with E-state index >= 15 is 0 Å². The number of rotatable bonds is 6. The number of nitrogens with one attached hydrogen (secondary N) is 1. The highest BCUT2D eigenvalue weighted by molar-refractivity contribution is 7.99. The highest BCUT2D eigenvalue weighted by Gasteiger charge is 2.07. The summed E-state index contributed by atoms with van der Waals surface area (Å²) in [6, 6.07) is 0.406. The summed E-state index contributed by atoms with van der Waals surface area (Å²) in [5.74, 6) is 2.40. The molecule has 80 valence electrons. The summed E-state index contributed by atoms with van der Waals surface area (Å²) < 4.78 is 0. The Bertz CT molecular complexity index is 211. The van der Waals surface area contributed by atoms with Gasteiger partial charge in [0.05, 0.1) is 5.71 Å². The first-order chi connectivity index (χ1) is 6.84. The molecule has 0 spiro atoms. The van der Waals surface area contributed by atoms with Crippen molar-refractivity contribution in [1.29, 1.82) is 0 Å². The van der Waals surface area contributed by atoms with Crippen LogP contribution in [0.15, 0.2) is 17.1 Å². The molecule has 0 aromatic carbocycles. The molecule has 1 heterocycles. The molecule has 1 unspecified atom stereocenters. The monoisotopic (exact) mass is 212 g/mol. The third kappa shape index (κ3) is 4.29. The number of aliphatic imine (C=N–C) groups is 1. The van der Waals surface area contributed by atoms with Crippen LogP contribution in [0.2, 0.25) is 0 Å².